The first-order valence-electron chi connectivity index (χ1n) is 10.2. The summed E-state index contributed by atoms with van der Waals surface area (Å²) in [5, 5.41) is 16.7. The number of aromatic nitrogens is 2. The molecule has 0 bridgehead atoms. The maximum atomic E-state index is 14.1. The van der Waals surface area contributed by atoms with Gasteiger partial charge in [0.25, 0.3) is 5.91 Å². The Hall–Kier alpha value is -3.10. The van der Waals surface area contributed by atoms with Gasteiger partial charge in [0.05, 0.1) is 13.2 Å². The number of benzene rings is 2. The van der Waals surface area contributed by atoms with Crippen LogP contribution in [0.3, 0.4) is 0 Å². The van der Waals surface area contributed by atoms with E-state index in [2.05, 4.69) is 10.4 Å². The molecule has 0 aliphatic carbocycles. The van der Waals surface area contributed by atoms with Gasteiger partial charge in [-0.2, -0.15) is 5.10 Å². The Morgan fingerprint density at radius 2 is 1.84 bits per heavy atom. The molecule has 1 aliphatic heterocycles. The van der Waals surface area contributed by atoms with Gasteiger partial charge in [-0.15, -0.1) is 0 Å². The molecule has 6 nitrogen and oxygen atoms in total. The second-order valence-corrected chi connectivity index (χ2v) is 7.55. The number of fused-ring (bicyclic) bond motifs is 1. The fraction of sp³-hybridized carbons (Fsp3) is 0.304. The second-order valence-electron chi connectivity index (χ2n) is 7.55. The van der Waals surface area contributed by atoms with Crippen molar-refractivity contribution in [1.82, 2.24) is 20.0 Å². The number of hydrogen-bond donors (Lipinski definition) is 2. The van der Waals surface area contributed by atoms with E-state index in [4.69, 9.17) is 0 Å². The Balaban J connectivity index is 1.55. The van der Waals surface area contributed by atoms with Crippen molar-refractivity contribution in [3.05, 3.63) is 88.2 Å². The third-order valence-corrected chi connectivity index (χ3v) is 5.48. The minimum absolute atomic E-state index is 0.0174. The molecule has 0 unspecified atom stereocenters. The fourth-order valence-corrected chi connectivity index (χ4v) is 3.91. The summed E-state index contributed by atoms with van der Waals surface area (Å²) in [6, 6.07) is 13.4. The van der Waals surface area contributed by atoms with E-state index in [0.29, 0.717) is 26.1 Å². The quantitative estimate of drug-likeness (QED) is 0.610. The topological polar surface area (TPSA) is 70.4 Å². The number of carbonyl (C=O) groups excluding carboxylic acids is 1. The summed E-state index contributed by atoms with van der Waals surface area (Å²) in [5.74, 6) is -1.47. The van der Waals surface area contributed by atoms with Crippen LogP contribution in [0.15, 0.2) is 48.5 Å². The molecule has 0 radical (unpaired) electrons. The van der Waals surface area contributed by atoms with Crippen molar-refractivity contribution in [3.8, 4) is 0 Å². The molecule has 31 heavy (non-hydrogen) atoms. The third-order valence-electron chi connectivity index (χ3n) is 5.48. The molecule has 2 heterocycles. The van der Waals surface area contributed by atoms with E-state index in [1.807, 2.05) is 35.2 Å². The van der Waals surface area contributed by atoms with Crippen molar-refractivity contribution in [3.63, 3.8) is 0 Å². The molecule has 3 aromatic rings. The van der Waals surface area contributed by atoms with Crippen LogP contribution >= 0.6 is 0 Å². The zero-order chi connectivity index (χ0) is 21.8. The first-order valence-corrected chi connectivity index (χ1v) is 10.2. The van der Waals surface area contributed by atoms with Gasteiger partial charge < -0.3 is 10.4 Å². The van der Waals surface area contributed by atoms with Crippen molar-refractivity contribution in [2.45, 2.75) is 32.6 Å². The second kappa shape index (κ2) is 9.36. The molecule has 1 amide bonds. The molecule has 4 rings (SSSR count). The van der Waals surface area contributed by atoms with E-state index < -0.39 is 11.6 Å². The molecule has 0 fully saturated rings. The number of aliphatic hydroxyl groups excluding tert-OH is 1. The molecule has 2 aromatic carbocycles. The minimum Gasteiger partial charge on any atom is -0.394 e. The maximum Gasteiger partial charge on any atom is 0.272 e. The van der Waals surface area contributed by atoms with Crippen LogP contribution < -0.4 is 5.32 Å². The van der Waals surface area contributed by atoms with Gasteiger partial charge in [0.2, 0.25) is 0 Å². The van der Waals surface area contributed by atoms with E-state index in [0.717, 1.165) is 16.8 Å². The number of nitrogens with one attached hydrogen (secondary N) is 1. The number of amides is 1. The summed E-state index contributed by atoms with van der Waals surface area (Å²) in [4.78, 5) is 14.8. The molecule has 1 aliphatic rings. The molecule has 1 aromatic heterocycles. The van der Waals surface area contributed by atoms with Gasteiger partial charge in [0.15, 0.2) is 5.69 Å². The monoisotopic (exact) mass is 426 g/mol. The fourth-order valence-electron chi connectivity index (χ4n) is 3.91. The summed E-state index contributed by atoms with van der Waals surface area (Å²) >= 11 is 0. The van der Waals surface area contributed by atoms with E-state index >= 15 is 0 Å². The molecular formula is C23H24F2N4O2. The van der Waals surface area contributed by atoms with Crippen molar-refractivity contribution in [2.24, 2.45) is 0 Å². The van der Waals surface area contributed by atoms with Crippen LogP contribution in [0.2, 0.25) is 0 Å². The molecule has 162 valence electrons. The highest BCUT2D eigenvalue weighted by Crippen LogP contribution is 2.25. The normalized spacial score (nSPS) is 13.8. The lowest BCUT2D eigenvalue weighted by molar-refractivity contribution is 0.0942. The number of nitrogens with zero attached hydrogens (tertiary/aromatic N) is 3. The highest BCUT2D eigenvalue weighted by molar-refractivity contribution is 5.94. The molecule has 2 N–H and O–H groups in total. The summed E-state index contributed by atoms with van der Waals surface area (Å²) in [6.07, 6.45) is 0.574. The molecule has 8 heteroatoms. The van der Waals surface area contributed by atoms with Crippen molar-refractivity contribution >= 4 is 5.91 Å². The van der Waals surface area contributed by atoms with Gasteiger partial charge in [-0.05, 0) is 17.7 Å². The van der Waals surface area contributed by atoms with Crippen molar-refractivity contribution in [1.29, 1.82) is 0 Å². The molecule has 0 spiro atoms. The van der Waals surface area contributed by atoms with E-state index in [-0.39, 0.29) is 36.9 Å². The number of aliphatic hydroxyl groups is 1. The van der Waals surface area contributed by atoms with Gasteiger partial charge in [0.1, 0.15) is 11.6 Å². The molecule has 0 saturated heterocycles. The number of rotatable bonds is 7. The Labute approximate surface area is 179 Å². The Kier molecular flexibility index (Phi) is 6.39. The van der Waals surface area contributed by atoms with E-state index in [1.165, 1.54) is 18.2 Å². The number of hydrogen-bond acceptors (Lipinski definition) is 4. The van der Waals surface area contributed by atoms with Crippen LogP contribution in [0.5, 0.6) is 0 Å². The molecule has 0 saturated carbocycles. The third kappa shape index (κ3) is 4.65. The van der Waals surface area contributed by atoms with Crippen LogP contribution in [0.25, 0.3) is 0 Å². The smallest absolute Gasteiger partial charge is 0.272 e. The summed E-state index contributed by atoms with van der Waals surface area (Å²) < 4.78 is 29.9. The number of carbonyl (C=O) groups is 1. The summed E-state index contributed by atoms with van der Waals surface area (Å²) in [7, 11) is 0. The lowest BCUT2D eigenvalue weighted by Crippen LogP contribution is -2.33. The van der Waals surface area contributed by atoms with Gasteiger partial charge in [0, 0.05) is 49.4 Å². The van der Waals surface area contributed by atoms with Gasteiger partial charge in [-0.1, -0.05) is 36.4 Å². The Morgan fingerprint density at radius 1 is 1.10 bits per heavy atom. The van der Waals surface area contributed by atoms with Gasteiger partial charge >= 0.3 is 0 Å². The summed E-state index contributed by atoms with van der Waals surface area (Å²) in [6.45, 7) is 1.59. The standard InChI is InChI=1S/C23H24F2N4O2/c24-19-7-4-8-20(25)17(19)14-28-10-9-21-18(15-28)22(27-29(21)11-12-30)23(31)26-13-16-5-2-1-3-6-16/h1-8,30H,9-15H2,(H,26,31). The first kappa shape index (κ1) is 21.1. The highest BCUT2D eigenvalue weighted by Gasteiger charge is 2.28. The molecule has 0 atom stereocenters. The molecular weight excluding hydrogens is 402 g/mol. The van der Waals surface area contributed by atoms with Gasteiger partial charge in [-0.3, -0.25) is 14.4 Å². The average molecular weight is 426 g/mol. The van der Waals surface area contributed by atoms with Crippen LogP contribution in [0.1, 0.15) is 32.9 Å². The predicted molar refractivity (Wildman–Crippen MR) is 111 cm³/mol. The van der Waals surface area contributed by atoms with Crippen molar-refractivity contribution in [2.75, 3.05) is 13.2 Å². The van der Waals surface area contributed by atoms with Gasteiger partial charge in [-0.25, -0.2) is 8.78 Å². The van der Waals surface area contributed by atoms with Crippen LogP contribution in [-0.4, -0.2) is 38.8 Å². The van der Waals surface area contributed by atoms with Crippen LogP contribution in [-0.2, 0) is 32.6 Å². The predicted octanol–water partition coefficient (Wildman–Crippen LogP) is 2.64. The van der Waals surface area contributed by atoms with Crippen LogP contribution in [0.4, 0.5) is 8.78 Å². The zero-order valence-electron chi connectivity index (χ0n) is 17.0. The van der Waals surface area contributed by atoms with Crippen LogP contribution in [0, 0.1) is 11.6 Å². The zero-order valence-corrected chi connectivity index (χ0v) is 17.0. The SMILES string of the molecule is O=C(NCc1ccccc1)c1nn(CCO)c2c1CN(Cc1c(F)cccc1F)CC2. The minimum atomic E-state index is -0.581. The highest BCUT2D eigenvalue weighted by atomic mass is 19.1. The van der Waals surface area contributed by atoms with E-state index in [9.17, 15) is 18.7 Å². The number of halogens is 2. The summed E-state index contributed by atoms with van der Waals surface area (Å²) in [5.41, 5.74) is 2.89. The van der Waals surface area contributed by atoms with E-state index in [1.54, 1.807) is 4.68 Å². The Bertz CT molecular complexity index is 1050. The lowest BCUT2D eigenvalue weighted by Gasteiger charge is -2.28. The maximum absolute atomic E-state index is 14.1. The Morgan fingerprint density at radius 3 is 2.55 bits per heavy atom. The lowest BCUT2D eigenvalue weighted by atomic mass is 10.0. The van der Waals surface area contributed by atoms with Crippen molar-refractivity contribution < 1.29 is 18.7 Å². The first-order chi connectivity index (χ1) is 15.1. The largest absolute Gasteiger partial charge is 0.394 e. The average Bonchev–Trinajstić information content (AvgIpc) is 3.13.